The molecule has 0 unspecified atom stereocenters. The monoisotopic (exact) mass is 264 g/mol. The number of anilines is 1. The Kier molecular flexibility index (Phi) is 4.65. The summed E-state index contributed by atoms with van der Waals surface area (Å²) in [6.07, 6.45) is 3.86. The lowest BCUT2D eigenvalue weighted by Gasteiger charge is -2.10. The molecule has 0 saturated heterocycles. The maximum Gasteiger partial charge on any atom is 0.133 e. The lowest BCUT2D eigenvalue weighted by Crippen LogP contribution is -2.04. The molecule has 18 heavy (non-hydrogen) atoms. The Morgan fingerprint density at radius 2 is 2.11 bits per heavy atom. The number of nitrogens with zero attached hydrogens (tertiary/aromatic N) is 1. The van der Waals surface area contributed by atoms with Crippen molar-refractivity contribution in [3.63, 3.8) is 0 Å². The van der Waals surface area contributed by atoms with E-state index in [0.717, 1.165) is 41.7 Å². The summed E-state index contributed by atoms with van der Waals surface area (Å²) in [4.78, 5) is 4.38. The third kappa shape index (κ3) is 2.85. The van der Waals surface area contributed by atoms with E-state index in [1.807, 2.05) is 18.2 Å². The molecule has 0 bridgehead atoms. The molecule has 3 nitrogen and oxygen atoms in total. The lowest BCUT2D eigenvalue weighted by atomic mass is 10.1. The molecule has 0 aliphatic heterocycles. The summed E-state index contributed by atoms with van der Waals surface area (Å²) in [5.41, 5.74) is 0. The third-order valence-corrected chi connectivity index (χ3v) is 3.11. The molecule has 4 heteroatoms. The first-order valence-corrected chi connectivity index (χ1v) is 6.62. The molecule has 0 radical (unpaired) electrons. The molecule has 1 aromatic carbocycles. The molecule has 0 spiro atoms. The number of ether oxygens (including phenoxy) is 1. The molecule has 0 amide bonds. The molecule has 1 N–H and O–H groups in total. The molecule has 2 aromatic rings. The number of fused-ring (bicyclic) bond motifs is 1. The van der Waals surface area contributed by atoms with Gasteiger partial charge in [0.05, 0.1) is 7.11 Å². The largest absolute Gasteiger partial charge is 0.496 e. The molecule has 2 rings (SSSR count). The van der Waals surface area contributed by atoms with Crippen LogP contribution in [0.2, 0.25) is 0 Å². The van der Waals surface area contributed by atoms with Crippen molar-refractivity contribution in [2.75, 3.05) is 24.9 Å². The second kappa shape index (κ2) is 6.45. The predicted molar refractivity (Wildman–Crippen MR) is 76.7 cm³/mol. The fraction of sp³-hybridized carbons (Fsp3) is 0.357. The van der Waals surface area contributed by atoms with Crippen molar-refractivity contribution >= 4 is 28.2 Å². The Morgan fingerprint density at radius 1 is 1.22 bits per heavy atom. The number of pyridine rings is 1. The Labute approximate surface area is 112 Å². The number of nitrogens with one attached hydrogen (secondary N) is 1. The molecule has 0 aliphatic carbocycles. The van der Waals surface area contributed by atoms with Gasteiger partial charge in [-0.05, 0) is 25.0 Å². The molecule has 1 aromatic heterocycles. The fourth-order valence-electron chi connectivity index (χ4n) is 1.92. The van der Waals surface area contributed by atoms with Gasteiger partial charge in [-0.3, -0.25) is 0 Å². The summed E-state index contributed by atoms with van der Waals surface area (Å²) in [5.74, 6) is 2.48. The lowest BCUT2D eigenvalue weighted by molar-refractivity contribution is 0.420. The van der Waals surface area contributed by atoms with Gasteiger partial charge in [-0.2, -0.15) is 0 Å². The highest BCUT2D eigenvalue weighted by Gasteiger charge is 2.05. The van der Waals surface area contributed by atoms with E-state index in [0.29, 0.717) is 5.88 Å². The zero-order valence-electron chi connectivity index (χ0n) is 10.4. The SMILES string of the molecule is COc1cccc2c(NCCCCCl)nccc12. The Balaban J connectivity index is 2.23. The van der Waals surface area contributed by atoms with Crippen LogP contribution in [0, 0.1) is 0 Å². The molecule has 96 valence electrons. The van der Waals surface area contributed by atoms with Gasteiger partial charge in [-0.25, -0.2) is 4.98 Å². The number of rotatable bonds is 6. The maximum absolute atomic E-state index is 5.66. The van der Waals surface area contributed by atoms with Crippen LogP contribution in [0.3, 0.4) is 0 Å². The van der Waals surface area contributed by atoms with Crippen LogP contribution in [0.5, 0.6) is 5.75 Å². The van der Waals surface area contributed by atoms with Crippen molar-refractivity contribution in [2.45, 2.75) is 12.8 Å². The first kappa shape index (κ1) is 13.0. The highest BCUT2D eigenvalue weighted by Crippen LogP contribution is 2.28. The van der Waals surface area contributed by atoms with E-state index in [-0.39, 0.29) is 0 Å². The van der Waals surface area contributed by atoms with Crippen LogP contribution in [-0.2, 0) is 0 Å². The van der Waals surface area contributed by atoms with Gasteiger partial charge in [-0.1, -0.05) is 12.1 Å². The first-order valence-electron chi connectivity index (χ1n) is 6.08. The Morgan fingerprint density at radius 3 is 2.89 bits per heavy atom. The summed E-state index contributed by atoms with van der Waals surface area (Å²) >= 11 is 5.66. The highest BCUT2D eigenvalue weighted by molar-refractivity contribution is 6.17. The number of benzene rings is 1. The quantitative estimate of drug-likeness (QED) is 0.638. The zero-order chi connectivity index (χ0) is 12.8. The Hall–Kier alpha value is -1.48. The van der Waals surface area contributed by atoms with Gasteiger partial charge in [0.25, 0.3) is 0 Å². The number of halogens is 1. The number of alkyl halides is 1. The predicted octanol–water partition coefficient (Wildman–Crippen LogP) is 3.67. The number of unbranched alkanes of at least 4 members (excludes halogenated alkanes) is 1. The minimum atomic E-state index is 0.707. The topological polar surface area (TPSA) is 34.1 Å². The maximum atomic E-state index is 5.66. The molecule has 0 fully saturated rings. The van der Waals surface area contributed by atoms with E-state index in [2.05, 4.69) is 16.4 Å². The van der Waals surface area contributed by atoms with E-state index in [4.69, 9.17) is 16.3 Å². The van der Waals surface area contributed by atoms with Gasteiger partial charge in [0.2, 0.25) is 0 Å². The van der Waals surface area contributed by atoms with Crippen molar-refractivity contribution in [1.29, 1.82) is 0 Å². The van der Waals surface area contributed by atoms with Crippen LogP contribution in [0.15, 0.2) is 30.5 Å². The van der Waals surface area contributed by atoms with Crippen LogP contribution in [-0.4, -0.2) is 24.5 Å². The van der Waals surface area contributed by atoms with Crippen molar-refractivity contribution in [3.8, 4) is 5.75 Å². The number of hydrogen-bond acceptors (Lipinski definition) is 3. The fourth-order valence-corrected chi connectivity index (χ4v) is 2.11. The van der Waals surface area contributed by atoms with E-state index < -0.39 is 0 Å². The summed E-state index contributed by atoms with van der Waals surface area (Å²) < 4.78 is 5.35. The average Bonchev–Trinajstić information content (AvgIpc) is 2.43. The molecule has 0 saturated carbocycles. The second-order valence-electron chi connectivity index (χ2n) is 4.04. The van der Waals surface area contributed by atoms with Crippen LogP contribution in [0.4, 0.5) is 5.82 Å². The average molecular weight is 265 g/mol. The van der Waals surface area contributed by atoms with Crippen LogP contribution >= 0.6 is 11.6 Å². The molecule has 1 heterocycles. The normalized spacial score (nSPS) is 10.6. The standard InChI is InChI=1S/C14H17ClN2O/c1-18-13-6-4-5-12-11(13)7-10-17-14(12)16-9-3-2-8-15/h4-7,10H,2-3,8-9H2,1H3,(H,16,17). The molecule has 0 aliphatic rings. The summed E-state index contributed by atoms with van der Waals surface area (Å²) in [6, 6.07) is 7.96. The van der Waals surface area contributed by atoms with Crippen molar-refractivity contribution in [1.82, 2.24) is 4.98 Å². The van der Waals surface area contributed by atoms with Gasteiger partial charge in [0.1, 0.15) is 11.6 Å². The third-order valence-electron chi connectivity index (χ3n) is 2.84. The highest BCUT2D eigenvalue weighted by atomic mass is 35.5. The minimum absolute atomic E-state index is 0.707. The van der Waals surface area contributed by atoms with Crippen LogP contribution in [0.25, 0.3) is 10.8 Å². The van der Waals surface area contributed by atoms with Gasteiger partial charge in [0, 0.05) is 29.4 Å². The summed E-state index contributed by atoms with van der Waals surface area (Å²) in [7, 11) is 1.68. The molecular weight excluding hydrogens is 248 g/mol. The van der Waals surface area contributed by atoms with Crippen molar-refractivity contribution < 1.29 is 4.74 Å². The van der Waals surface area contributed by atoms with Gasteiger partial charge in [-0.15, -0.1) is 11.6 Å². The van der Waals surface area contributed by atoms with E-state index in [1.165, 1.54) is 0 Å². The van der Waals surface area contributed by atoms with E-state index in [9.17, 15) is 0 Å². The van der Waals surface area contributed by atoms with Gasteiger partial charge >= 0.3 is 0 Å². The summed E-state index contributed by atoms with van der Waals surface area (Å²) in [5, 5.41) is 5.51. The molecular formula is C14H17ClN2O. The second-order valence-corrected chi connectivity index (χ2v) is 4.42. The first-order chi connectivity index (χ1) is 8.86. The number of hydrogen-bond donors (Lipinski definition) is 1. The van der Waals surface area contributed by atoms with E-state index >= 15 is 0 Å². The van der Waals surface area contributed by atoms with Crippen molar-refractivity contribution in [2.24, 2.45) is 0 Å². The number of methoxy groups -OCH3 is 1. The van der Waals surface area contributed by atoms with E-state index in [1.54, 1.807) is 13.3 Å². The number of aromatic nitrogens is 1. The Bertz CT molecular complexity index is 516. The van der Waals surface area contributed by atoms with Gasteiger partial charge < -0.3 is 10.1 Å². The summed E-state index contributed by atoms with van der Waals surface area (Å²) in [6.45, 7) is 0.885. The minimum Gasteiger partial charge on any atom is -0.496 e. The zero-order valence-corrected chi connectivity index (χ0v) is 11.2. The van der Waals surface area contributed by atoms with Gasteiger partial charge in [0.15, 0.2) is 0 Å². The van der Waals surface area contributed by atoms with Crippen LogP contribution in [0.1, 0.15) is 12.8 Å². The molecule has 0 atom stereocenters. The van der Waals surface area contributed by atoms with Crippen LogP contribution < -0.4 is 10.1 Å². The van der Waals surface area contributed by atoms with Crippen molar-refractivity contribution in [3.05, 3.63) is 30.5 Å². The smallest absolute Gasteiger partial charge is 0.133 e.